The fourth-order valence-electron chi connectivity index (χ4n) is 5.87. The SMILES string of the molecule is COc1cc2c(c(OC)c1OC)[C@H]1O[C@H](COCc3ccccc3)[C@@H](OCc3ccccc3)[C@H](OCc3ccccc3)[C@@H]1O2. The van der Waals surface area contributed by atoms with Gasteiger partial charge in [-0.05, 0) is 16.7 Å². The molecular formula is C36H38O8. The predicted molar refractivity (Wildman–Crippen MR) is 164 cm³/mol. The molecule has 0 bridgehead atoms. The monoisotopic (exact) mass is 598 g/mol. The summed E-state index contributed by atoms with van der Waals surface area (Å²) >= 11 is 0. The summed E-state index contributed by atoms with van der Waals surface area (Å²) in [6.45, 7) is 1.48. The zero-order valence-electron chi connectivity index (χ0n) is 25.2. The smallest absolute Gasteiger partial charge is 0.203 e. The van der Waals surface area contributed by atoms with Crippen molar-refractivity contribution >= 4 is 0 Å². The number of ether oxygens (including phenoxy) is 8. The Balaban J connectivity index is 1.35. The quantitative estimate of drug-likeness (QED) is 0.178. The average molecular weight is 599 g/mol. The second kappa shape index (κ2) is 14.1. The average Bonchev–Trinajstić information content (AvgIpc) is 3.44. The lowest BCUT2D eigenvalue weighted by molar-refractivity contribution is -0.250. The minimum atomic E-state index is -0.526. The maximum absolute atomic E-state index is 6.84. The standard InChI is InChI=1S/C36H38O8/c1-37-28-19-27-30(33(39-3)31(28)38-2)34-36(43-27)35(42-22-26-17-11-6-12-18-26)32(41-21-25-15-9-5-10-16-25)29(44-34)23-40-20-24-13-7-4-8-14-24/h4-19,29,32,34-36H,20-23H2,1-3H3/t29-,32-,34-,35+,36-/m1/s1. The summed E-state index contributed by atoms with van der Waals surface area (Å²) in [5.41, 5.74) is 3.92. The Bertz CT molecular complexity index is 1480. The fraction of sp³-hybridized carbons (Fsp3) is 0.333. The van der Waals surface area contributed by atoms with E-state index in [-0.39, 0.29) is 6.61 Å². The van der Waals surface area contributed by atoms with Crippen molar-refractivity contribution < 1.29 is 37.9 Å². The first-order valence-electron chi connectivity index (χ1n) is 14.8. The summed E-state index contributed by atoms with van der Waals surface area (Å²) in [7, 11) is 4.77. The van der Waals surface area contributed by atoms with E-state index in [1.165, 1.54) is 0 Å². The van der Waals surface area contributed by atoms with Crippen LogP contribution in [0.15, 0.2) is 97.1 Å². The molecule has 4 aromatic rings. The summed E-state index contributed by atoms with van der Waals surface area (Å²) in [4.78, 5) is 0. The molecule has 2 heterocycles. The molecule has 8 heteroatoms. The van der Waals surface area contributed by atoms with Crippen LogP contribution in [0.5, 0.6) is 23.0 Å². The van der Waals surface area contributed by atoms with Gasteiger partial charge in [0.05, 0.1) is 53.3 Å². The molecule has 8 nitrogen and oxygen atoms in total. The third kappa shape index (κ3) is 6.39. The maximum atomic E-state index is 6.84. The lowest BCUT2D eigenvalue weighted by Crippen LogP contribution is -2.57. The van der Waals surface area contributed by atoms with Gasteiger partial charge in [0.15, 0.2) is 17.6 Å². The van der Waals surface area contributed by atoms with E-state index in [1.807, 2.05) is 97.1 Å². The van der Waals surface area contributed by atoms with Gasteiger partial charge in [0.1, 0.15) is 30.2 Å². The van der Waals surface area contributed by atoms with E-state index in [4.69, 9.17) is 37.9 Å². The molecule has 0 aromatic heterocycles. The molecule has 0 radical (unpaired) electrons. The number of fused-ring (bicyclic) bond motifs is 3. The molecule has 0 aliphatic carbocycles. The molecular weight excluding hydrogens is 560 g/mol. The molecule has 5 atom stereocenters. The van der Waals surface area contributed by atoms with Crippen LogP contribution in [0.3, 0.4) is 0 Å². The van der Waals surface area contributed by atoms with Gasteiger partial charge in [-0.2, -0.15) is 0 Å². The van der Waals surface area contributed by atoms with Crippen molar-refractivity contribution in [2.75, 3.05) is 27.9 Å². The highest BCUT2D eigenvalue weighted by atomic mass is 16.6. The van der Waals surface area contributed by atoms with Crippen molar-refractivity contribution in [2.45, 2.75) is 50.3 Å². The molecule has 4 aromatic carbocycles. The summed E-state index contributed by atoms with van der Waals surface area (Å²) in [5.74, 6) is 2.07. The van der Waals surface area contributed by atoms with E-state index < -0.39 is 30.5 Å². The van der Waals surface area contributed by atoms with E-state index in [1.54, 1.807) is 21.3 Å². The van der Waals surface area contributed by atoms with Crippen molar-refractivity contribution in [1.29, 1.82) is 0 Å². The van der Waals surface area contributed by atoms with Gasteiger partial charge in [0, 0.05) is 6.07 Å². The molecule has 230 valence electrons. The van der Waals surface area contributed by atoms with E-state index in [2.05, 4.69) is 0 Å². The van der Waals surface area contributed by atoms with E-state index in [0.717, 1.165) is 22.3 Å². The normalized spacial score (nSPS) is 22.0. The lowest BCUT2D eigenvalue weighted by atomic mass is 9.91. The zero-order chi connectivity index (χ0) is 30.3. The van der Waals surface area contributed by atoms with E-state index in [9.17, 15) is 0 Å². The van der Waals surface area contributed by atoms with Crippen molar-refractivity contribution in [1.82, 2.24) is 0 Å². The highest BCUT2D eigenvalue weighted by molar-refractivity contribution is 5.64. The third-order valence-electron chi connectivity index (χ3n) is 7.98. The fourth-order valence-corrected chi connectivity index (χ4v) is 5.87. The molecule has 6 rings (SSSR count). The molecule has 0 amide bonds. The predicted octanol–water partition coefficient (Wildman–Crippen LogP) is 6.30. The number of rotatable bonds is 13. The van der Waals surface area contributed by atoms with Crippen molar-refractivity contribution in [3.8, 4) is 23.0 Å². The van der Waals surface area contributed by atoms with Crippen LogP contribution in [-0.4, -0.2) is 52.4 Å². The number of hydrogen-bond acceptors (Lipinski definition) is 8. The Labute approximate surface area is 258 Å². The van der Waals surface area contributed by atoms with E-state index in [0.29, 0.717) is 42.8 Å². The van der Waals surface area contributed by atoms with Crippen LogP contribution in [0.1, 0.15) is 28.4 Å². The Morgan fingerprint density at radius 3 is 1.70 bits per heavy atom. The molecule has 1 saturated heterocycles. The second-order valence-electron chi connectivity index (χ2n) is 10.8. The molecule has 2 aliphatic rings. The summed E-state index contributed by atoms with van der Waals surface area (Å²) in [6, 6.07) is 32.0. The first-order chi connectivity index (χ1) is 21.7. The molecule has 0 saturated carbocycles. The van der Waals surface area contributed by atoms with Crippen LogP contribution in [-0.2, 0) is 38.8 Å². The highest BCUT2D eigenvalue weighted by Gasteiger charge is 2.54. The van der Waals surface area contributed by atoms with Crippen molar-refractivity contribution in [3.63, 3.8) is 0 Å². The largest absolute Gasteiger partial charge is 0.493 e. The van der Waals surface area contributed by atoms with Gasteiger partial charge in [-0.3, -0.25) is 0 Å². The maximum Gasteiger partial charge on any atom is 0.203 e. The molecule has 0 spiro atoms. The lowest BCUT2D eigenvalue weighted by Gasteiger charge is -2.43. The van der Waals surface area contributed by atoms with Crippen LogP contribution in [0, 0.1) is 0 Å². The number of benzene rings is 4. The second-order valence-corrected chi connectivity index (χ2v) is 10.8. The van der Waals surface area contributed by atoms with Crippen LogP contribution in [0.4, 0.5) is 0 Å². The molecule has 1 fully saturated rings. The Morgan fingerprint density at radius 2 is 1.16 bits per heavy atom. The van der Waals surface area contributed by atoms with Gasteiger partial charge >= 0.3 is 0 Å². The van der Waals surface area contributed by atoms with Crippen LogP contribution >= 0.6 is 0 Å². The third-order valence-corrected chi connectivity index (χ3v) is 7.98. The van der Waals surface area contributed by atoms with Gasteiger partial charge in [0.2, 0.25) is 5.75 Å². The van der Waals surface area contributed by atoms with Crippen LogP contribution < -0.4 is 18.9 Å². The van der Waals surface area contributed by atoms with Gasteiger partial charge in [-0.15, -0.1) is 0 Å². The minimum Gasteiger partial charge on any atom is -0.493 e. The van der Waals surface area contributed by atoms with E-state index >= 15 is 0 Å². The molecule has 44 heavy (non-hydrogen) atoms. The number of methoxy groups -OCH3 is 3. The minimum absolute atomic E-state index is 0.285. The topological polar surface area (TPSA) is 73.8 Å². The summed E-state index contributed by atoms with van der Waals surface area (Å²) < 4.78 is 50.3. The molecule has 0 N–H and O–H groups in total. The highest BCUT2D eigenvalue weighted by Crippen LogP contribution is 2.55. The summed E-state index contributed by atoms with van der Waals surface area (Å²) in [5, 5.41) is 0. The van der Waals surface area contributed by atoms with Crippen LogP contribution in [0.25, 0.3) is 0 Å². The van der Waals surface area contributed by atoms with Crippen LogP contribution in [0.2, 0.25) is 0 Å². The van der Waals surface area contributed by atoms with Gasteiger partial charge in [-0.25, -0.2) is 0 Å². The Hall–Kier alpha value is -4.08. The number of hydrogen-bond donors (Lipinski definition) is 0. The Kier molecular flexibility index (Phi) is 9.63. The zero-order valence-corrected chi connectivity index (χ0v) is 25.2. The van der Waals surface area contributed by atoms with Gasteiger partial charge in [0.25, 0.3) is 0 Å². The Morgan fingerprint density at radius 1 is 0.614 bits per heavy atom. The first-order valence-corrected chi connectivity index (χ1v) is 14.8. The molecule has 2 aliphatic heterocycles. The van der Waals surface area contributed by atoms with Gasteiger partial charge < -0.3 is 37.9 Å². The van der Waals surface area contributed by atoms with Crippen molar-refractivity contribution in [3.05, 3.63) is 119 Å². The first kappa shape index (κ1) is 30.0. The summed E-state index contributed by atoms with van der Waals surface area (Å²) in [6.07, 6.45) is -2.53. The van der Waals surface area contributed by atoms with Crippen molar-refractivity contribution in [2.24, 2.45) is 0 Å². The molecule has 0 unspecified atom stereocenters. The van der Waals surface area contributed by atoms with Gasteiger partial charge in [-0.1, -0.05) is 91.0 Å².